The van der Waals surface area contributed by atoms with Gasteiger partial charge in [-0.1, -0.05) is 17.3 Å². The average Bonchev–Trinajstić information content (AvgIpc) is 2.99. The third-order valence-electron chi connectivity index (χ3n) is 3.92. The van der Waals surface area contributed by atoms with Crippen molar-refractivity contribution in [3.8, 4) is 0 Å². The lowest BCUT2D eigenvalue weighted by atomic mass is 10.1. The van der Waals surface area contributed by atoms with Crippen molar-refractivity contribution < 1.29 is 14.4 Å². The molecule has 1 aromatic heterocycles. The van der Waals surface area contributed by atoms with E-state index in [9.17, 15) is 9.90 Å². The van der Waals surface area contributed by atoms with E-state index in [1.165, 1.54) is 0 Å². The molecule has 1 aliphatic rings. The highest BCUT2D eigenvalue weighted by atomic mass is 32.2. The van der Waals surface area contributed by atoms with Gasteiger partial charge < -0.3 is 14.5 Å². The Morgan fingerprint density at radius 1 is 1.39 bits per heavy atom. The lowest BCUT2D eigenvalue weighted by molar-refractivity contribution is 0.0543. The Morgan fingerprint density at radius 3 is 2.83 bits per heavy atom. The molecule has 122 valence electrons. The molecule has 1 fully saturated rings. The highest BCUT2D eigenvalue weighted by Crippen LogP contribution is 2.28. The molecule has 3 rings (SSSR count). The van der Waals surface area contributed by atoms with Gasteiger partial charge in [0, 0.05) is 24.1 Å². The molecule has 6 heteroatoms. The number of hydrogen-bond acceptors (Lipinski definition) is 5. The van der Waals surface area contributed by atoms with Crippen molar-refractivity contribution in [2.24, 2.45) is 0 Å². The number of nitrogens with zero attached hydrogens (tertiary/aromatic N) is 2. The fourth-order valence-corrected chi connectivity index (χ4v) is 3.56. The van der Waals surface area contributed by atoms with Crippen molar-refractivity contribution in [1.29, 1.82) is 0 Å². The van der Waals surface area contributed by atoms with Crippen molar-refractivity contribution in [2.45, 2.75) is 36.5 Å². The molecule has 0 saturated carbocycles. The standard InChI is InChI=1S/C17H20N2O3S/c1-12-10-14(22-18-12)11-23-16-5-3-2-4-15(16)17(21)19-8-6-13(20)7-9-19/h2-5,10,13,20H,6-9,11H2,1H3. The molecule has 5 nitrogen and oxygen atoms in total. The molecule has 1 aromatic carbocycles. The maximum Gasteiger partial charge on any atom is 0.254 e. The summed E-state index contributed by atoms with van der Waals surface area (Å²) in [6.07, 6.45) is 1.02. The van der Waals surface area contributed by atoms with E-state index in [0.29, 0.717) is 37.2 Å². The summed E-state index contributed by atoms with van der Waals surface area (Å²) < 4.78 is 5.22. The molecule has 2 heterocycles. The van der Waals surface area contributed by atoms with Crippen molar-refractivity contribution in [3.05, 3.63) is 47.3 Å². The van der Waals surface area contributed by atoms with Crippen LogP contribution in [0.25, 0.3) is 0 Å². The van der Waals surface area contributed by atoms with Crippen LogP contribution in [0, 0.1) is 6.92 Å². The number of aliphatic hydroxyl groups excluding tert-OH is 1. The molecule has 1 amide bonds. The number of carbonyl (C=O) groups is 1. The van der Waals surface area contributed by atoms with Crippen molar-refractivity contribution in [1.82, 2.24) is 10.1 Å². The number of carbonyl (C=O) groups excluding carboxylic acids is 1. The smallest absolute Gasteiger partial charge is 0.254 e. The Bertz CT molecular complexity index is 678. The van der Waals surface area contributed by atoms with E-state index < -0.39 is 0 Å². The monoisotopic (exact) mass is 332 g/mol. The first kappa shape index (κ1) is 16.1. The van der Waals surface area contributed by atoms with Crippen LogP contribution in [0.1, 0.15) is 34.7 Å². The molecule has 23 heavy (non-hydrogen) atoms. The Balaban J connectivity index is 1.71. The van der Waals surface area contributed by atoms with E-state index in [2.05, 4.69) is 5.16 Å². The van der Waals surface area contributed by atoms with Crippen molar-refractivity contribution in [2.75, 3.05) is 13.1 Å². The second-order valence-electron chi connectivity index (χ2n) is 5.74. The Morgan fingerprint density at radius 2 is 2.13 bits per heavy atom. The van der Waals surface area contributed by atoms with Crippen LogP contribution in [0.15, 0.2) is 39.8 Å². The number of benzene rings is 1. The number of thioether (sulfide) groups is 1. The second kappa shape index (κ2) is 7.19. The molecular formula is C17H20N2O3S. The maximum atomic E-state index is 12.7. The summed E-state index contributed by atoms with van der Waals surface area (Å²) in [4.78, 5) is 15.5. The van der Waals surface area contributed by atoms with Gasteiger partial charge in [0.15, 0.2) is 0 Å². The molecule has 0 atom stereocenters. The van der Waals surface area contributed by atoms with Gasteiger partial charge in [-0.3, -0.25) is 4.79 Å². The summed E-state index contributed by atoms with van der Waals surface area (Å²) in [6.45, 7) is 3.11. The summed E-state index contributed by atoms with van der Waals surface area (Å²) >= 11 is 1.58. The van der Waals surface area contributed by atoms with E-state index in [1.54, 1.807) is 11.8 Å². The number of rotatable bonds is 4. The summed E-state index contributed by atoms with van der Waals surface area (Å²) in [7, 11) is 0. The zero-order valence-corrected chi connectivity index (χ0v) is 13.9. The van der Waals surface area contributed by atoms with Crippen LogP contribution in [0.3, 0.4) is 0 Å². The normalized spacial score (nSPS) is 15.8. The molecular weight excluding hydrogens is 312 g/mol. The van der Waals surface area contributed by atoms with E-state index >= 15 is 0 Å². The Hall–Kier alpha value is -1.79. The summed E-state index contributed by atoms with van der Waals surface area (Å²) in [5.74, 6) is 1.48. The molecule has 2 aromatic rings. The van der Waals surface area contributed by atoms with Gasteiger partial charge in [-0.25, -0.2) is 0 Å². The minimum absolute atomic E-state index is 0.0359. The predicted molar refractivity (Wildman–Crippen MR) is 88.4 cm³/mol. The van der Waals surface area contributed by atoms with Gasteiger partial charge in [0.05, 0.1) is 23.1 Å². The second-order valence-corrected chi connectivity index (χ2v) is 6.76. The van der Waals surface area contributed by atoms with Crippen LogP contribution in [0.4, 0.5) is 0 Å². The predicted octanol–water partition coefficient (Wildman–Crippen LogP) is 2.87. The number of aliphatic hydroxyl groups is 1. The fourth-order valence-electron chi connectivity index (χ4n) is 2.64. The van der Waals surface area contributed by atoms with Crippen LogP contribution < -0.4 is 0 Å². The fraction of sp³-hybridized carbons (Fsp3) is 0.412. The van der Waals surface area contributed by atoms with Gasteiger partial charge in [-0.05, 0) is 31.9 Å². The molecule has 1 aliphatic heterocycles. The number of hydrogen-bond donors (Lipinski definition) is 1. The van der Waals surface area contributed by atoms with Crippen LogP contribution >= 0.6 is 11.8 Å². The number of aryl methyl sites for hydroxylation is 1. The van der Waals surface area contributed by atoms with Crippen LogP contribution in [0.5, 0.6) is 0 Å². The lowest BCUT2D eigenvalue weighted by Gasteiger charge is -2.30. The molecule has 1 N–H and O–H groups in total. The largest absolute Gasteiger partial charge is 0.393 e. The maximum absolute atomic E-state index is 12.7. The van der Waals surface area contributed by atoms with Gasteiger partial charge in [0.25, 0.3) is 5.91 Å². The summed E-state index contributed by atoms with van der Waals surface area (Å²) in [5, 5.41) is 13.5. The molecule has 0 spiro atoms. The number of aromatic nitrogens is 1. The van der Waals surface area contributed by atoms with Crippen molar-refractivity contribution >= 4 is 17.7 Å². The molecule has 0 unspecified atom stereocenters. The first-order valence-electron chi connectivity index (χ1n) is 7.75. The Kier molecular flexibility index (Phi) is 5.03. The average molecular weight is 332 g/mol. The lowest BCUT2D eigenvalue weighted by Crippen LogP contribution is -2.40. The van der Waals surface area contributed by atoms with E-state index in [0.717, 1.165) is 16.3 Å². The highest BCUT2D eigenvalue weighted by molar-refractivity contribution is 7.98. The van der Waals surface area contributed by atoms with Gasteiger partial charge in [-0.15, -0.1) is 11.8 Å². The first-order chi connectivity index (χ1) is 11.1. The minimum atomic E-state index is -0.279. The summed E-state index contributed by atoms with van der Waals surface area (Å²) in [6, 6.07) is 9.55. The third-order valence-corrected chi connectivity index (χ3v) is 5.01. The zero-order valence-electron chi connectivity index (χ0n) is 13.1. The van der Waals surface area contributed by atoms with E-state index in [-0.39, 0.29) is 12.0 Å². The van der Waals surface area contributed by atoms with E-state index in [4.69, 9.17) is 4.52 Å². The molecule has 0 bridgehead atoms. The molecule has 1 saturated heterocycles. The van der Waals surface area contributed by atoms with Crippen molar-refractivity contribution in [3.63, 3.8) is 0 Å². The van der Waals surface area contributed by atoms with Gasteiger partial charge in [-0.2, -0.15) is 0 Å². The SMILES string of the molecule is Cc1cc(CSc2ccccc2C(=O)N2CCC(O)CC2)on1. The quantitative estimate of drug-likeness (QED) is 0.872. The van der Waals surface area contributed by atoms with Crippen LogP contribution in [0.2, 0.25) is 0 Å². The highest BCUT2D eigenvalue weighted by Gasteiger charge is 2.24. The third kappa shape index (κ3) is 3.95. The molecule has 0 radical (unpaired) electrons. The number of amides is 1. The van der Waals surface area contributed by atoms with Crippen LogP contribution in [-0.4, -0.2) is 40.3 Å². The Labute approximate surface area is 139 Å². The van der Waals surface area contributed by atoms with Crippen LogP contribution in [-0.2, 0) is 5.75 Å². The van der Waals surface area contributed by atoms with Gasteiger partial charge >= 0.3 is 0 Å². The first-order valence-corrected chi connectivity index (χ1v) is 8.73. The van der Waals surface area contributed by atoms with E-state index in [1.807, 2.05) is 42.2 Å². The number of likely N-dealkylation sites (tertiary alicyclic amines) is 1. The molecule has 0 aliphatic carbocycles. The topological polar surface area (TPSA) is 66.6 Å². The zero-order chi connectivity index (χ0) is 16.2. The minimum Gasteiger partial charge on any atom is -0.393 e. The van der Waals surface area contributed by atoms with Gasteiger partial charge in [0.2, 0.25) is 0 Å². The number of piperidine rings is 1. The summed E-state index contributed by atoms with van der Waals surface area (Å²) in [5.41, 5.74) is 1.57. The van der Waals surface area contributed by atoms with Gasteiger partial charge in [0.1, 0.15) is 5.76 Å².